The van der Waals surface area contributed by atoms with Crippen LogP contribution in [-0.2, 0) is 10.0 Å². The second kappa shape index (κ2) is 7.35. The van der Waals surface area contributed by atoms with E-state index in [0.717, 1.165) is 10.4 Å². The molecule has 0 bridgehead atoms. The fraction of sp³-hybridized carbons (Fsp3) is 0.200. The first-order chi connectivity index (χ1) is 11.2. The van der Waals surface area contributed by atoms with Gasteiger partial charge in [-0.1, -0.05) is 34.8 Å². The average molecular weight is 413 g/mol. The smallest absolute Gasteiger partial charge is 0.265 e. The van der Waals surface area contributed by atoms with Crippen LogP contribution < -0.4 is 9.04 Å². The van der Waals surface area contributed by atoms with Gasteiger partial charge in [0.15, 0.2) is 0 Å². The van der Waals surface area contributed by atoms with Crippen molar-refractivity contribution in [3.05, 3.63) is 51.2 Å². The third-order valence-electron chi connectivity index (χ3n) is 3.28. The summed E-state index contributed by atoms with van der Waals surface area (Å²) in [5.41, 5.74) is 0.215. The van der Waals surface area contributed by atoms with Crippen LogP contribution in [0.1, 0.15) is 6.92 Å². The molecule has 0 N–H and O–H groups in total. The average Bonchev–Trinajstić information content (AvgIpc) is 2.53. The third kappa shape index (κ3) is 3.42. The summed E-state index contributed by atoms with van der Waals surface area (Å²) in [5.74, 6) is -0.382. The molecule has 0 aromatic heterocycles. The van der Waals surface area contributed by atoms with E-state index in [-0.39, 0.29) is 37.9 Å². The Kier molecular flexibility index (Phi) is 5.86. The Morgan fingerprint density at radius 1 is 1.12 bits per heavy atom. The molecule has 0 fully saturated rings. The zero-order valence-corrected chi connectivity index (χ0v) is 15.8. The van der Waals surface area contributed by atoms with Crippen molar-refractivity contribution in [1.82, 2.24) is 0 Å². The number of methoxy groups -OCH3 is 1. The molecule has 0 aliphatic rings. The molecule has 2 rings (SSSR count). The Hall–Kier alpha value is -1.21. The largest absolute Gasteiger partial charge is 0.495 e. The number of anilines is 1. The van der Waals surface area contributed by atoms with Crippen molar-refractivity contribution in [3.63, 3.8) is 0 Å². The van der Waals surface area contributed by atoms with Crippen molar-refractivity contribution in [3.8, 4) is 5.75 Å². The zero-order chi connectivity index (χ0) is 18.1. The summed E-state index contributed by atoms with van der Waals surface area (Å²) in [6.07, 6.45) is 0. The molecule has 24 heavy (non-hydrogen) atoms. The molecule has 0 saturated carbocycles. The molecule has 0 saturated heterocycles. The summed E-state index contributed by atoms with van der Waals surface area (Å²) in [6.45, 7) is 1.72. The molecule has 0 aliphatic heterocycles. The van der Waals surface area contributed by atoms with Gasteiger partial charge in [0.2, 0.25) is 0 Å². The lowest BCUT2D eigenvalue weighted by Gasteiger charge is -2.24. The Labute approximate surface area is 154 Å². The van der Waals surface area contributed by atoms with E-state index in [2.05, 4.69) is 0 Å². The summed E-state index contributed by atoms with van der Waals surface area (Å²) >= 11 is 17.9. The highest BCUT2D eigenvalue weighted by Crippen LogP contribution is 2.38. The van der Waals surface area contributed by atoms with E-state index in [1.807, 2.05) is 0 Å². The maximum atomic E-state index is 13.3. The van der Waals surface area contributed by atoms with E-state index in [9.17, 15) is 12.8 Å². The highest BCUT2D eigenvalue weighted by Gasteiger charge is 2.28. The molecule has 4 nitrogen and oxygen atoms in total. The van der Waals surface area contributed by atoms with Crippen molar-refractivity contribution in [2.45, 2.75) is 11.8 Å². The van der Waals surface area contributed by atoms with Gasteiger partial charge in [0, 0.05) is 6.54 Å². The van der Waals surface area contributed by atoms with Crippen molar-refractivity contribution < 1.29 is 17.5 Å². The van der Waals surface area contributed by atoms with E-state index in [1.165, 1.54) is 31.4 Å². The van der Waals surface area contributed by atoms with Crippen LogP contribution in [0.25, 0.3) is 0 Å². The van der Waals surface area contributed by atoms with Gasteiger partial charge in [-0.05, 0) is 37.3 Å². The normalized spacial score (nSPS) is 11.4. The molecule has 130 valence electrons. The summed E-state index contributed by atoms with van der Waals surface area (Å²) in [7, 11) is -2.64. The molecule has 9 heteroatoms. The van der Waals surface area contributed by atoms with Crippen molar-refractivity contribution >= 4 is 50.5 Å². The maximum absolute atomic E-state index is 13.3. The van der Waals surface area contributed by atoms with E-state index < -0.39 is 15.8 Å². The van der Waals surface area contributed by atoms with Gasteiger partial charge in [-0.3, -0.25) is 4.31 Å². The number of rotatable bonds is 5. The van der Waals surface area contributed by atoms with E-state index in [0.29, 0.717) is 0 Å². The van der Waals surface area contributed by atoms with Gasteiger partial charge < -0.3 is 4.74 Å². The third-order valence-corrected chi connectivity index (χ3v) is 6.49. The molecule has 0 radical (unpaired) electrons. The number of benzene rings is 2. The fourth-order valence-corrected chi connectivity index (χ4v) is 4.58. The predicted octanol–water partition coefficient (Wildman–Crippen LogP) is 5.01. The lowest BCUT2D eigenvalue weighted by atomic mass is 10.3. The molecule has 0 spiro atoms. The zero-order valence-electron chi connectivity index (χ0n) is 12.7. The highest BCUT2D eigenvalue weighted by molar-refractivity contribution is 7.93. The second-order valence-electron chi connectivity index (χ2n) is 4.66. The Bertz CT molecular complexity index is 875. The number of hydrogen-bond acceptors (Lipinski definition) is 3. The molecule has 0 atom stereocenters. The lowest BCUT2D eigenvalue weighted by Crippen LogP contribution is -2.31. The number of nitrogens with zero attached hydrogens (tertiary/aromatic N) is 1. The molecular formula is C15H13Cl3FNO3S. The van der Waals surface area contributed by atoms with Gasteiger partial charge in [-0.25, -0.2) is 12.8 Å². The van der Waals surface area contributed by atoms with Crippen LogP contribution in [0.2, 0.25) is 15.1 Å². The number of halogens is 4. The quantitative estimate of drug-likeness (QED) is 0.693. The molecule has 0 aliphatic carbocycles. The number of hydrogen-bond donors (Lipinski definition) is 0. The molecule has 0 unspecified atom stereocenters. The van der Waals surface area contributed by atoms with Gasteiger partial charge >= 0.3 is 0 Å². The SMILES string of the molecule is CCN(c1ccc(F)c(Cl)c1)S(=O)(=O)c1ccc(OC)c(Cl)c1Cl. The van der Waals surface area contributed by atoms with E-state index in [1.54, 1.807) is 6.92 Å². The number of sulfonamides is 1. The Morgan fingerprint density at radius 3 is 2.33 bits per heavy atom. The topological polar surface area (TPSA) is 46.6 Å². The summed E-state index contributed by atoms with van der Waals surface area (Å²) < 4.78 is 45.3. The predicted molar refractivity (Wildman–Crippen MR) is 94.6 cm³/mol. The van der Waals surface area contributed by atoms with Gasteiger partial charge in [-0.2, -0.15) is 0 Å². The first-order valence-electron chi connectivity index (χ1n) is 6.73. The van der Waals surface area contributed by atoms with Crippen LogP contribution >= 0.6 is 34.8 Å². The lowest BCUT2D eigenvalue weighted by molar-refractivity contribution is 0.414. The van der Waals surface area contributed by atoms with Crippen molar-refractivity contribution in [2.75, 3.05) is 18.0 Å². The molecule has 0 amide bonds. The summed E-state index contributed by atoms with van der Waals surface area (Å²) in [4.78, 5) is -0.183. The van der Waals surface area contributed by atoms with Crippen LogP contribution in [-0.4, -0.2) is 22.1 Å². The minimum atomic E-state index is -4.03. The van der Waals surface area contributed by atoms with Crippen LogP contribution in [0, 0.1) is 5.82 Å². The summed E-state index contributed by atoms with van der Waals surface area (Å²) in [5, 5.41) is -0.337. The van der Waals surface area contributed by atoms with Crippen molar-refractivity contribution in [2.24, 2.45) is 0 Å². The van der Waals surface area contributed by atoms with Crippen LogP contribution in [0.5, 0.6) is 5.75 Å². The standard InChI is InChI=1S/C15H13Cl3FNO3S/c1-3-20(9-4-5-11(19)10(16)8-9)24(21,22)13-7-6-12(23-2)14(17)15(13)18/h4-8H,3H2,1-2H3. The van der Waals surface area contributed by atoms with Crippen LogP contribution in [0.4, 0.5) is 10.1 Å². The van der Waals surface area contributed by atoms with Gasteiger partial charge in [0.25, 0.3) is 10.0 Å². The Morgan fingerprint density at radius 2 is 1.79 bits per heavy atom. The van der Waals surface area contributed by atoms with E-state index in [4.69, 9.17) is 39.5 Å². The Balaban J connectivity index is 2.59. The fourth-order valence-electron chi connectivity index (χ4n) is 2.12. The second-order valence-corrected chi connectivity index (χ2v) is 7.66. The highest BCUT2D eigenvalue weighted by atomic mass is 35.5. The first-order valence-corrected chi connectivity index (χ1v) is 9.31. The van der Waals surface area contributed by atoms with Crippen molar-refractivity contribution in [1.29, 1.82) is 0 Å². The minimum absolute atomic E-state index is 0.00608. The van der Waals surface area contributed by atoms with Crippen LogP contribution in [0.15, 0.2) is 35.2 Å². The van der Waals surface area contributed by atoms with Gasteiger partial charge in [0.05, 0.1) is 22.8 Å². The monoisotopic (exact) mass is 411 g/mol. The van der Waals surface area contributed by atoms with Gasteiger partial charge in [0.1, 0.15) is 21.5 Å². The van der Waals surface area contributed by atoms with E-state index >= 15 is 0 Å². The maximum Gasteiger partial charge on any atom is 0.265 e. The van der Waals surface area contributed by atoms with Gasteiger partial charge in [-0.15, -0.1) is 0 Å². The first kappa shape index (κ1) is 19.1. The molecule has 2 aromatic carbocycles. The minimum Gasteiger partial charge on any atom is -0.495 e. The van der Waals surface area contributed by atoms with Crippen LogP contribution in [0.3, 0.4) is 0 Å². The number of ether oxygens (including phenoxy) is 1. The molecular weight excluding hydrogens is 400 g/mol. The molecule has 2 aromatic rings. The summed E-state index contributed by atoms with van der Waals surface area (Å²) in [6, 6.07) is 6.36. The molecule has 0 heterocycles.